The molecule has 0 radical (unpaired) electrons. The number of aliphatic hydroxyl groups is 3. The van der Waals surface area contributed by atoms with Gasteiger partial charge in [-0.2, -0.15) is 0 Å². The average Bonchev–Trinajstić information content (AvgIpc) is 3.10. The minimum absolute atomic E-state index is 0.208. The van der Waals surface area contributed by atoms with Crippen LogP contribution in [-0.4, -0.2) is 44.7 Å². The standard InChI is InChI=1S/C30H52O5/c1-18(8-9-19(2)27(4,5)35-20(3)31)23-10-11-24-22-16-26(33)30(34)17-21(32)12-15-29(30,7)25(22)13-14-28(23,24)6/h18-19,21-26,32-34H,8-17H2,1-7H3/t18-,19+,21+,22-,23+,24+,25-,26-,28-,29-,30+/m1/s1. The van der Waals surface area contributed by atoms with Crippen LogP contribution in [0.4, 0.5) is 0 Å². The van der Waals surface area contributed by atoms with E-state index < -0.39 is 23.4 Å². The van der Waals surface area contributed by atoms with Crippen molar-refractivity contribution in [2.24, 2.45) is 46.3 Å². The number of hydrogen-bond acceptors (Lipinski definition) is 5. The fraction of sp³-hybridized carbons (Fsp3) is 0.967. The van der Waals surface area contributed by atoms with Crippen LogP contribution < -0.4 is 0 Å². The van der Waals surface area contributed by atoms with E-state index in [0.29, 0.717) is 48.3 Å². The monoisotopic (exact) mass is 492 g/mol. The molecule has 5 heteroatoms. The van der Waals surface area contributed by atoms with E-state index >= 15 is 0 Å². The third-order valence-electron chi connectivity index (χ3n) is 12.2. The van der Waals surface area contributed by atoms with Gasteiger partial charge in [-0.05, 0) is 106 Å². The van der Waals surface area contributed by atoms with Gasteiger partial charge in [0.05, 0.1) is 17.8 Å². The molecule has 11 atom stereocenters. The van der Waals surface area contributed by atoms with Gasteiger partial charge in [0.1, 0.15) is 5.60 Å². The van der Waals surface area contributed by atoms with Crippen molar-refractivity contribution in [1.82, 2.24) is 0 Å². The molecular weight excluding hydrogens is 440 g/mol. The van der Waals surface area contributed by atoms with Crippen molar-refractivity contribution in [2.45, 2.75) is 136 Å². The molecule has 4 rings (SSSR count). The van der Waals surface area contributed by atoms with Crippen LogP contribution in [0, 0.1) is 46.3 Å². The van der Waals surface area contributed by atoms with E-state index in [1.54, 1.807) is 0 Å². The molecule has 202 valence electrons. The molecule has 0 aromatic rings. The summed E-state index contributed by atoms with van der Waals surface area (Å²) in [5, 5.41) is 33.2. The second-order valence-corrected chi connectivity index (χ2v) is 14.2. The molecule has 0 heterocycles. The highest BCUT2D eigenvalue weighted by molar-refractivity contribution is 5.66. The predicted molar refractivity (Wildman–Crippen MR) is 137 cm³/mol. The van der Waals surface area contributed by atoms with Gasteiger partial charge >= 0.3 is 5.97 Å². The summed E-state index contributed by atoms with van der Waals surface area (Å²) in [6.07, 6.45) is 8.29. The quantitative estimate of drug-likeness (QED) is 0.427. The zero-order chi connectivity index (χ0) is 26.0. The van der Waals surface area contributed by atoms with Crippen molar-refractivity contribution in [1.29, 1.82) is 0 Å². The number of fused-ring (bicyclic) bond motifs is 5. The van der Waals surface area contributed by atoms with Gasteiger partial charge in [0.25, 0.3) is 0 Å². The molecule has 4 aliphatic carbocycles. The van der Waals surface area contributed by atoms with Crippen LogP contribution in [0.25, 0.3) is 0 Å². The number of rotatable bonds is 6. The Labute approximate surface area is 213 Å². The highest BCUT2D eigenvalue weighted by Crippen LogP contribution is 2.69. The normalized spacial score (nSPS) is 47.3. The molecule has 0 amide bonds. The van der Waals surface area contributed by atoms with E-state index in [9.17, 15) is 20.1 Å². The molecule has 35 heavy (non-hydrogen) atoms. The third kappa shape index (κ3) is 4.40. The van der Waals surface area contributed by atoms with Crippen molar-refractivity contribution in [3.05, 3.63) is 0 Å². The number of aliphatic hydroxyl groups excluding tert-OH is 2. The molecule has 0 aromatic carbocycles. The lowest BCUT2D eigenvalue weighted by molar-refractivity contribution is -0.264. The first kappa shape index (κ1) is 27.4. The van der Waals surface area contributed by atoms with Crippen LogP contribution >= 0.6 is 0 Å². The Hall–Kier alpha value is -0.650. The van der Waals surface area contributed by atoms with Crippen molar-refractivity contribution < 1.29 is 24.9 Å². The molecule has 4 fully saturated rings. The lowest BCUT2D eigenvalue weighted by Crippen LogP contribution is -2.68. The van der Waals surface area contributed by atoms with Crippen LogP contribution in [0.2, 0.25) is 0 Å². The van der Waals surface area contributed by atoms with Crippen LogP contribution in [0.3, 0.4) is 0 Å². The molecule has 5 nitrogen and oxygen atoms in total. The summed E-state index contributed by atoms with van der Waals surface area (Å²) in [6, 6.07) is 0. The summed E-state index contributed by atoms with van der Waals surface area (Å²) >= 11 is 0. The van der Waals surface area contributed by atoms with E-state index in [0.717, 1.165) is 32.1 Å². The second-order valence-electron chi connectivity index (χ2n) is 14.2. The maximum absolute atomic E-state index is 11.7. The van der Waals surface area contributed by atoms with Crippen LogP contribution in [0.1, 0.15) is 113 Å². The van der Waals surface area contributed by atoms with Gasteiger partial charge < -0.3 is 20.1 Å². The highest BCUT2D eigenvalue weighted by Gasteiger charge is 2.67. The molecule has 0 aliphatic heterocycles. The Balaban J connectivity index is 1.46. The lowest BCUT2D eigenvalue weighted by Gasteiger charge is -2.65. The highest BCUT2D eigenvalue weighted by atomic mass is 16.6. The fourth-order valence-electron chi connectivity index (χ4n) is 9.77. The maximum Gasteiger partial charge on any atom is 0.303 e. The van der Waals surface area contributed by atoms with Crippen LogP contribution in [0.15, 0.2) is 0 Å². The van der Waals surface area contributed by atoms with Gasteiger partial charge in [-0.25, -0.2) is 0 Å². The summed E-state index contributed by atoms with van der Waals surface area (Å²) < 4.78 is 5.60. The average molecular weight is 493 g/mol. The topological polar surface area (TPSA) is 87.0 Å². The fourth-order valence-corrected chi connectivity index (χ4v) is 9.77. The zero-order valence-corrected chi connectivity index (χ0v) is 23.3. The summed E-state index contributed by atoms with van der Waals surface area (Å²) in [6.45, 7) is 14.9. The number of hydrogen-bond donors (Lipinski definition) is 3. The molecule has 3 N–H and O–H groups in total. The van der Waals surface area contributed by atoms with Gasteiger partial charge in [-0.15, -0.1) is 0 Å². The molecule has 0 bridgehead atoms. The van der Waals surface area contributed by atoms with E-state index in [1.165, 1.54) is 26.2 Å². The second kappa shape index (κ2) is 9.27. The largest absolute Gasteiger partial charge is 0.460 e. The van der Waals surface area contributed by atoms with Gasteiger partial charge in [0.15, 0.2) is 0 Å². The Kier molecular flexibility index (Phi) is 7.26. The minimum atomic E-state index is -1.16. The first-order chi connectivity index (χ1) is 16.2. The number of carbonyl (C=O) groups is 1. The van der Waals surface area contributed by atoms with Crippen molar-refractivity contribution in [3.8, 4) is 0 Å². The molecule has 4 aliphatic rings. The van der Waals surface area contributed by atoms with E-state index in [4.69, 9.17) is 4.74 Å². The van der Waals surface area contributed by atoms with Crippen molar-refractivity contribution in [2.75, 3.05) is 0 Å². The summed E-state index contributed by atoms with van der Waals surface area (Å²) in [5.41, 5.74) is -1.62. The summed E-state index contributed by atoms with van der Waals surface area (Å²) in [7, 11) is 0. The van der Waals surface area contributed by atoms with Gasteiger partial charge in [-0.1, -0.05) is 34.1 Å². The maximum atomic E-state index is 11.7. The molecule has 0 unspecified atom stereocenters. The first-order valence-corrected chi connectivity index (χ1v) is 14.4. The third-order valence-corrected chi connectivity index (χ3v) is 12.2. The predicted octanol–water partition coefficient (Wildman–Crippen LogP) is 5.49. The van der Waals surface area contributed by atoms with Gasteiger partial charge in [0.2, 0.25) is 0 Å². The van der Waals surface area contributed by atoms with Gasteiger partial charge in [-0.3, -0.25) is 4.79 Å². The smallest absolute Gasteiger partial charge is 0.303 e. The molecule has 0 saturated heterocycles. The number of ether oxygens (including phenoxy) is 1. The first-order valence-electron chi connectivity index (χ1n) is 14.4. The lowest BCUT2D eigenvalue weighted by atomic mass is 9.42. The van der Waals surface area contributed by atoms with Crippen molar-refractivity contribution in [3.63, 3.8) is 0 Å². The van der Waals surface area contributed by atoms with E-state index in [-0.39, 0.29) is 16.8 Å². The Morgan fingerprint density at radius 1 is 1.03 bits per heavy atom. The van der Waals surface area contributed by atoms with Crippen molar-refractivity contribution >= 4 is 5.97 Å². The van der Waals surface area contributed by atoms with E-state index in [2.05, 4.69) is 27.7 Å². The van der Waals surface area contributed by atoms with Crippen LogP contribution in [-0.2, 0) is 9.53 Å². The minimum Gasteiger partial charge on any atom is -0.460 e. The van der Waals surface area contributed by atoms with Gasteiger partial charge in [0, 0.05) is 18.8 Å². The number of esters is 1. The zero-order valence-electron chi connectivity index (χ0n) is 23.3. The molecule has 4 saturated carbocycles. The molecule has 0 spiro atoms. The summed E-state index contributed by atoms with van der Waals surface area (Å²) in [4.78, 5) is 11.5. The summed E-state index contributed by atoms with van der Waals surface area (Å²) in [5.74, 6) is 2.89. The van der Waals surface area contributed by atoms with E-state index in [1.807, 2.05) is 13.8 Å². The Bertz CT molecular complexity index is 796. The SMILES string of the molecule is CC(=O)OC(C)(C)[C@@H](C)CC[C@@H](C)[C@@H]1CC[C@H]2[C@H]3C[C@@H](O)[C@@]4(O)C[C@@H](O)CC[C@]4(C)[C@@H]3CC[C@@]21C. The number of carbonyl (C=O) groups excluding carboxylic acids is 1. The molecular formula is C30H52O5. The Morgan fingerprint density at radius 2 is 1.71 bits per heavy atom. The van der Waals surface area contributed by atoms with Crippen LogP contribution in [0.5, 0.6) is 0 Å². The molecule has 0 aromatic heterocycles. The Morgan fingerprint density at radius 3 is 2.37 bits per heavy atom.